The van der Waals surface area contributed by atoms with Gasteiger partial charge in [-0.05, 0) is 44.9 Å². The zero-order chi connectivity index (χ0) is 17.7. The lowest BCUT2D eigenvalue weighted by atomic mass is 10.1. The second-order valence-corrected chi connectivity index (χ2v) is 6.78. The predicted octanol–water partition coefficient (Wildman–Crippen LogP) is 6.90. The van der Waals surface area contributed by atoms with E-state index in [0.29, 0.717) is 0 Å². The Hall–Kier alpha value is -0.600. The van der Waals surface area contributed by atoms with E-state index in [4.69, 9.17) is 10.5 Å². The van der Waals surface area contributed by atoms with Gasteiger partial charge in [-0.15, -0.1) is 0 Å². The van der Waals surface area contributed by atoms with Gasteiger partial charge >= 0.3 is 0 Å². The van der Waals surface area contributed by atoms with E-state index in [1.54, 1.807) is 0 Å². The maximum absolute atomic E-state index is 5.82. The Morgan fingerprint density at radius 3 is 1.92 bits per heavy atom. The van der Waals surface area contributed by atoms with E-state index < -0.39 is 0 Å². The van der Waals surface area contributed by atoms with Crippen LogP contribution < -0.4 is 5.73 Å². The van der Waals surface area contributed by atoms with Gasteiger partial charge in [0.2, 0.25) is 0 Å². The lowest BCUT2D eigenvalue weighted by Crippen LogP contribution is -2.23. The summed E-state index contributed by atoms with van der Waals surface area (Å²) in [4.78, 5) is 0. The third kappa shape index (κ3) is 19.4. The molecule has 2 N–H and O–H groups in total. The van der Waals surface area contributed by atoms with Crippen LogP contribution in [0.15, 0.2) is 24.3 Å². The summed E-state index contributed by atoms with van der Waals surface area (Å²) in [7, 11) is 0. The molecule has 0 aliphatic rings. The van der Waals surface area contributed by atoms with Crippen LogP contribution in [0.2, 0.25) is 0 Å². The number of unbranched alkanes of at least 4 members (excludes halogenated alkanes) is 9. The van der Waals surface area contributed by atoms with E-state index in [1.807, 2.05) is 0 Å². The van der Waals surface area contributed by atoms with Crippen molar-refractivity contribution in [1.82, 2.24) is 0 Å². The van der Waals surface area contributed by atoms with Crippen LogP contribution in [0.4, 0.5) is 0 Å². The minimum Gasteiger partial charge on any atom is -0.364 e. The summed E-state index contributed by atoms with van der Waals surface area (Å²) in [6.07, 6.45) is 26.7. The Morgan fingerprint density at radius 2 is 1.29 bits per heavy atom. The second kappa shape index (κ2) is 20.4. The Kier molecular flexibility index (Phi) is 19.9. The molecule has 142 valence electrons. The van der Waals surface area contributed by atoms with Gasteiger partial charge < -0.3 is 10.5 Å². The fourth-order valence-electron chi connectivity index (χ4n) is 2.69. The van der Waals surface area contributed by atoms with Crippen molar-refractivity contribution >= 4 is 0 Å². The number of hydrogen-bond acceptors (Lipinski definition) is 2. The number of ether oxygens (including phenoxy) is 1. The van der Waals surface area contributed by atoms with Crippen LogP contribution in [-0.2, 0) is 4.74 Å². The summed E-state index contributed by atoms with van der Waals surface area (Å²) in [5, 5.41) is 0. The first-order chi connectivity index (χ1) is 11.8. The van der Waals surface area contributed by atoms with Crippen LogP contribution in [-0.4, -0.2) is 12.8 Å². The fourth-order valence-corrected chi connectivity index (χ4v) is 2.69. The van der Waals surface area contributed by atoms with Gasteiger partial charge in [-0.25, -0.2) is 0 Å². The molecule has 1 atom stereocenters. The largest absolute Gasteiger partial charge is 0.364 e. The van der Waals surface area contributed by atoms with Crippen molar-refractivity contribution in [3.05, 3.63) is 24.3 Å². The van der Waals surface area contributed by atoms with Crippen molar-refractivity contribution in [1.29, 1.82) is 0 Å². The van der Waals surface area contributed by atoms with E-state index in [2.05, 4.69) is 38.2 Å². The van der Waals surface area contributed by atoms with E-state index >= 15 is 0 Å². The third-order valence-electron chi connectivity index (χ3n) is 4.25. The molecule has 0 aromatic rings. The average molecular weight is 338 g/mol. The molecule has 0 rings (SSSR count). The molecular formula is C22H43NO. The highest BCUT2D eigenvalue weighted by Crippen LogP contribution is 2.08. The van der Waals surface area contributed by atoms with E-state index in [9.17, 15) is 0 Å². The van der Waals surface area contributed by atoms with E-state index in [-0.39, 0.29) is 6.23 Å². The van der Waals surface area contributed by atoms with Gasteiger partial charge in [0.25, 0.3) is 0 Å². The first-order valence-electron chi connectivity index (χ1n) is 10.5. The standard InChI is InChI=1S/C22H43NO/c1-3-5-6-7-8-9-10-11-12-13-14-15-16-17-18-19-21-24-22(23)20-4-2/h8-9,11-12,22H,3-7,10,13-21,23H2,1-2H3/b9-8-,12-11-. The molecule has 2 heteroatoms. The maximum atomic E-state index is 5.82. The Balaban J connectivity index is 3.18. The van der Waals surface area contributed by atoms with Crippen molar-refractivity contribution in [2.45, 2.75) is 110 Å². The first-order valence-corrected chi connectivity index (χ1v) is 10.5. The third-order valence-corrected chi connectivity index (χ3v) is 4.25. The van der Waals surface area contributed by atoms with Crippen LogP contribution in [0.25, 0.3) is 0 Å². The quantitative estimate of drug-likeness (QED) is 0.168. The molecule has 1 unspecified atom stereocenters. The highest BCUT2D eigenvalue weighted by atomic mass is 16.5. The van der Waals surface area contributed by atoms with Crippen molar-refractivity contribution < 1.29 is 4.74 Å². The minimum absolute atomic E-state index is 0.0482. The van der Waals surface area contributed by atoms with Gasteiger partial charge in [-0.1, -0.05) is 83.1 Å². The van der Waals surface area contributed by atoms with Crippen molar-refractivity contribution in [2.24, 2.45) is 5.73 Å². The van der Waals surface area contributed by atoms with Crippen LogP contribution in [0.5, 0.6) is 0 Å². The van der Waals surface area contributed by atoms with Gasteiger partial charge in [0.05, 0.1) is 0 Å². The molecule has 0 aromatic heterocycles. The molecule has 0 aromatic carbocycles. The van der Waals surface area contributed by atoms with Crippen LogP contribution in [0, 0.1) is 0 Å². The van der Waals surface area contributed by atoms with Crippen molar-refractivity contribution in [2.75, 3.05) is 6.61 Å². The second-order valence-electron chi connectivity index (χ2n) is 6.78. The minimum atomic E-state index is -0.0482. The van der Waals surface area contributed by atoms with E-state index in [1.165, 1.54) is 64.2 Å². The number of allylic oxidation sites excluding steroid dienone is 4. The lowest BCUT2D eigenvalue weighted by Gasteiger charge is -2.11. The smallest absolute Gasteiger partial charge is 0.105 e. The van der Waals surface area contributed by atoms with Gasteiger partial charge in [0.15, 0.2) is 0 Å². The summed E-state index contributed by atoms with van der Waals surface area (Å²) in [5.41, 5.74) is 5.82. The van der Waals surface area contributed by atoms with Crippen LogP contribution in [0.1, 0.15) is 104 Å². The van der Waals surface area contributed by atoms with Gasteiger partial charge in [0, 0.05) is 6.61 Å². The Bertz CT molecular complexity index is 286. The average Bonchev–Trinajstić information content (AvgIpc) is 2.58. The molecule has 0 radical (unpaired) electrons. The highest BCUT2D eigenvalue weighted by Gasteiger charge is 1.99. The normalized spacial score (nSPS) is 13.3. The fraction of sp³-hybridized carbons (Fsp3) is 0.818. The molecule has 0 heterocycles. The topological polar surface area (TPSA) is 35.2 Å². The number of rotatable bonds is 18. The lowest BCUT2D eigenvalue weighted by molar-refractivity contribution is 0.0488. The highest BCUT2D eigenvalue weighted by molar-refractivity contribution is 4.92. The first kappa shape index (κ1) is 23.4. The summed E-state index contributed by atoms with van der Waals surface area (Å²) < 4.78 is 5.56. The zero-order valence-electron chi connectivity index (χ0n) is 16.5. The summed E-state index contributed by atoms with van der Waals surface area (Å²) in [6.45, 7) is 5.23. The van der Waals surface area contributed by atoms with Crippen molar-refractivity contribution in [3.63, 3.8) is 0 Å². The number of nitrogens with two attached hydrogens (primary N) is 1. The van der Waals surface area contributed by atoms with E-state index in [0.717, 1.165) is 32.3 Å². The maximum Gasteiger partial charge on any atom is 0.105 e. The molecule has 0 amide bonds. The molecule has 0 bridgehead atoms. The van der Waals surface area contributed by atoms with Gasteiger partial charge in [-0.2, -0.15) is 0 Å². The van der Waals surface area contributed by atoms with Crippen molar-refractivity contribution in [3.8, 4) is 0 Å². The molecule has 0 aliphatic carbocycles. The summed E-state index contributed by atoms with van der Waals surface area (Å²) in [5.74, 6) is 0. The summed E-state index contributed by atoms with van der Waals surface area (Å²) >= 11 is 0. The van der Waals surface area contributed by atoms with Crippen LogP contribution >= 0.6 is 0 Å². The van der Waals surface area contributed by atoms with Gasteiger partial charge in [0.1, 0.15) is 6.23 Å². The monoisotopic (exact) mass is 337 g/mol. The molecule has 0 saturated carbocycles. The van der Waals surface area contributed by atoms with Gasteiger partial charge in [-0.3, -0.25) is 0 Å². The Labute approximate surface area is 151 Å². The summed E-state index contributed by atoms with van der Waals surface area (Å²) in [6, 6.07) is 0. The molecule has 0 fully saturated rings. The zero-order valence-corrected chi connectivity index (χ0v) is 16.5. The molecular weight excluding hydrogens is 294 g/mol. The Morgan fingerprint density at radius 1 is 0.708 bits per heavy atom. The molecule has 2 nitrogen and oxygen atoms in total. The molecule has 0 saturated heterocycles. The molecule has 0 aliphatic heterocycles. The van der Waals surface area contributed by atoms with Crippen LogP contribution in [0.3, 0.4) is 0 Å². The molecule has 24 heavy (non-hydrogen) atoms. The SMILES string of the molecule is CCCCC/C=C\C/C=C\CCCCCCCCOC(N)CCC. The predicted molar refractivity (Wildman–Crippen MR) is 108 cm³/mol. The molecule has 0 spiro atoms. The number of hydrogen-bond donors (Lipinski definition) is 1.